The van der Waals surface area contributed by atoms with E-state index in [4.69, 9.17) is 4.42 Å². The molecule has 4 rings (SSSR count). The van der Waals surface area contributed by atoms with Gasteiger partial charge in [0.25, 0.3) is 11.5 Å². The number of amides is 1. The molecule has 204 valence electrons. The number of nitrogens with one attached hydrogen (secondary N) is 1. The first-order chi connectivity index (χ1) is 18.3. The number of aryl methyl sites for hydroxylation is 1. The van der Waals surface area contributed by atoms with Crippen LogP contribution in [0.1, 0.15) is 40.0 Å². The number of hydrogen-bond donors (Lipinski definition) is 1. The molecule has 2 heterocycles. The molecule has 0 bridgehead atoms. The van der Waals surface area contributed by atoms with Crippen molar-refractivity contribution in [3.05, 3.63) is 93.2 Å². The fraction of sp³-hybridized carbons (Fsp3) is 0.231. The zero-order valence-corrected chi connectivity index (χ0v) is 21.9. The van der Waals surface area contributed by atoms with Gasteiger partial charge in [0, 0.05) is 24.8 Å². The van der Waals surface area contributed by atoms with Crippen LogP contribution in [0.15, 0.2) is 68.7 Å². The number of rotatable bonds is 7. The molecule has 0 atom stereocenters. The van der Waals surface area contributed by atoms with Gasteiger partial charge in [0.2, 0.25) is 11.8 Å². The molecule has 13 heteroatoms. The third-order valence-electron chi connectivity index (χ3n) is 6.00. The lowest BCUT2D eigenvalue weighted by Gasteiger charge is -2.16. The average molecular weight is 561 g/mol. The molecule has 0 saturated heterocycles. The Morgan fingerprint density at radius 2 is 1.74 bits per heavy atom. The maximum absolute atomic E-state index is 13.5. The highest BCUT2D eigenvalue weighted by Gasteiger charge is 2.31. The molecular weight excluding hydrogens is 537 g/mol. The third-order valence-corrected chi connectivity index (χ3v) is 7.75. The molecule has 2 aromatic carbocycles. The highest BCUT2D eigenvalue weighted by molar-refractivity contribution is 7.91. The number of aromatic nitrogens is 3. The van der Waals surface area contributed by atoms with Crippen LogP contribution >= 0.6 is 0 Å². The molecule has 0 unspecified atom stereocenters. The van der Waals surface area contributed by atoms with E-state index in [-0.39, 0.29) is 51.5 Å². The Hall–Kier alpha value is -4.26. The lowest BCUT2D eigenvalue weighted by atomic mass is 10.1. The van der Waals surface area contributed by atoms with Gasteiger partial charge >= 0.3 is 6.18 Å². The predicted molar refractivity (Wildman–Crippen MR) is 135 cm³/mol. The minimum Gasteiger partial charge on any atom is -0.421 e. The zero-order valence-electron chi connectivity index (χ0n) is 21.0. The fourth-order valence-corrected chi connectivity index (χ4v) is 4.76. The van der Waals surface area contributed by atoms with Crippen LogP contribution in [0.4, 0.5) is 13.2 Å². The van der Waals surface area contributed by atoms with E-state index in [2.05, 4.69) is 15.5 Å². The smallest absolute Gasteiger partial charge is 0.416 e. The van der Waals surface area contributed by atoms with E-state index >= 15 is 0 Å². The first-order valence-corrected chi connectivity index (χ1v) is 13.3. The Kier molecular flexibility index (Phi) is 7.46. The number of benzene rings is 2. The van der Waals surface area contributed by atoms with Crippen molar-refractivity contribution in [3.63, 3.8) is 0 Å². The summed E-state index contributed by atoms with van der Waals surface area (Å²) in [6.07, 6.45) is -4.65. The second-order valence-electron chi connectivity index (χ2n) is 8.60. The molecule has 1 amide bonds. The highest BCUT2D eigenvalue weighted by Crippen LogP contribution is 2.31. The summed E-state index contributed by atoms with van der Waals surface area (Å²) in [4.78, 5) is 26.8. The molecule has 0 aliphatic rings. The maximum Gasteiger partial charge on any atom is 0.416 e. The van der Waals surface area contributed by atoms with E-state index in [0.29, 0.717) is 5.56 Å². The quantitative estimate of drug-likeness (QED) is 0.358. The SMILES string of the molecule is CCS(=O)(=O)c1ccc(CNC(=O)c2cc(-c3nnc(C)o3)c(C)n(-c3cccc(C(F)(F)F)c3)c2=O)cc1. The van der Waals surface area contributed by atoms with Crippen LogP contribution in [0.5, 0.6) is 0 Å². The summed E-state index contributed by atoms with van der Waals surface area (Å²) >= 11 is 0. The van der Waals surface area contributed by atoms with Gasteiger partial charge in [0.05, 0.1) is 21.8 Å². The predicted octanol–water partition coefficient (Wildman–Crippen LogP) is 4.25. The minimum absolute atomic E-state index is 0.0208. The van der Waals surface area contributed by atoms with Gasteiger partial charge in [0.1, 0.15) is 5.56 Å². The molecule has 1 N–H and O–H groups in total. The van der Waals surface area contributed by atoms with Crippen LogP contribution in [0, 0.1) is 13.8 Å². The molecule has 0 aliphatic heterocycles. The molecule has 0 fully saturated rings. The van der Waals surface area contributed by atoms with Crippen molar-refractivity contribution >= 4 is 15.7 Å². The van der Waals surface area contributed by atoms with Gasteiger partial charge < -0.3 is 9.73 Å². The molecule has 2 aromatic heterocycles. The van der Waals surface area contributed by atoms with Crippen molar-refractivity contribution in [3.8, 4) is 17.1 Å². The van der Waals surface area contributed by atoms with Gasteiger partial charge in [-0.3, -0.25) is 14.2 Å². The van der Waals surface area contributed by atoms with Crippen molar-refractivity contribution in [2.75, 3.05) is 5.75 Å². The topological polar surface area (TPSA) is 124 Å². The zero-order chi connectivity index (χ0) is 28.5. The Balaban J connectivity index is 1.75. The summed E-state index contributed by atoms with van der Waals surface area (Å²) in [5, 5.41) is 10.3. The van der Waals surface area contributed by atoms with Gasteiger partial charge in [0.15, 0.2) is 9.84 Å². The van der Waals surface area contributed by atoms with E-state index in [9.17, 15) is 31.2 Å². The van der Waals surface area contributed by atoms with Crippen molar-refractivity contribution in [2.45, 2.75) is 38.4 Å². The van der Waals surface area contributed by atoms with E-state index in [0.717, 1.165) is 22.8 Å². The van der Waals surface area contributed by atoms with Crippen LogP contribution < -0.4 is 10.9 Å². The maximum atomic E-state index is 13.5. The van der Waals surface area contributed by atoms with Crippen LogP contribution in [0.3, 0.4) is 0 Å². The Labute approximate surface area is 221 Å². The second kappa shape index (κ2) is 10.5. The number of nitrogens with zero attached hydrogens (tertiary/aromatic N) is 3. The average Bonchev–Trinajstić information content (AvgIpc) is 3.33. The summed E-state index contributed by atoms with van der Waals surface area (Å²) in [6, 6.07) is 11.3. The number of hydrogen-bond acceptors (Lipinski definition) is 7. The van der Waals surface area contributed by atoms with Gasteiger partial charge in [-0.05, 0) is 48.9 Å². The summed E-state index contributed by atoms with van der Waals surface area (Å²) in [6.45, 7) is 4.52. The fourth-order valence-electron chi connectivity index (χ4n) is 3.88. The first-order valence-electron chi connectivity index (χ1n) is 11.7. The number of alkyl halides is 3. The van der Waals surface area contributed by atoms with Gasteiger partial charge in [-0.15, -0.1) is 10.2 Å². The molecule has 0 spiro atoms. The van der Waals surface area contributed by atoms with Gasteiger partial charge in [-0.1, -0.05) is 25.1 Å². The molecular formula is C26H23F3N4O5S. The third kappa shape index (κ3) is 5.77. The summed E-state index contributed by atoms with van der Waals surface area (Å²) in [5.74, 6) is -0.673. The number of pyridine rings is 1. The standard InChI is InChI=1S/C26H23F3N4O5S/c1-4-39(36,37)20-10-8-17(9-11-20)14-30-23(34)22-13-21(24-32-31-16(3)38-24)15(2)33(25(22)35)19-7-5-6-18(12-19)26(27,28)29/h5-13H,4,14H2,1-3H3,(H,30,34). The number of carbonyl (C=O) groups excluding carboxylic acids is 1. The molecule has 0 saturated carbocycles. The van der Waals surface area contributed by atoms with Crippen LogP contribution in [0.25, 0.3) is 17.1 Å². The summed E-state index contributed by atoms with van der Waals surface area (Å²) in [7, 11) is -3.39. The molecule has 0 radical (unpaired) electrons. The lowest BCUT2D eigenvalue weighted by molar-refractivity contribution is -0.137. The number of sulfone groups is 1. The minimum atomic E-state index is -4.65. The molecule has 39 heavy (non-hydrogen) atoms. The van der Waals surface area contributed by atoms with E-state index in [1.807, 2.05) is 0 Å². The molecule has 0 aliphatic carbocycles. The monoisotopic (exact) mass is 560 g/mol. The first kappa shape index (κ1) is 27.8. The molecule has 9 nitrogen and oxygen atoms in total. The van der Waals surface area contributed by atoms with Gasteiger partial charge in [-0.25, -0.2) is 8.42 Å². The highest BCUT2D eigenvalue weighted by atomic mass is 32.2. The van der Waals surface area contributed by atoms with Crippen LogP contribution in [0.2, 0.25) is 0 Å². The Morgan fingerprint density at radius 1 is 1.05 bits per heavy atom. The van der Waals surface area contributed by atoms with Gasteiger partial charge in [-0.2, -0.15) is 13.2 Å². The van der Waals surface area contributed by atoms with Crippen molar-refractivity contribution in [1.82, 2.24) is 20.1 Å². The Morgan fingerprint density at radius 3 is 2.33 bits per heavy atom. The normalized spacial score (nSPS) is 11.9. The summed E-state index contributed by atoms with van der Waals surface area (Å²) in [5.41, 5.74) is -1.35. The van der Waals surface area contributed by atoms with Crippen molar-refractivity contribution in [2.24, 2.45) is 0 Å². The van der Waals surface area contributed by atoms with E-state index in [1.54, 1.807) is 6.92 Å². The van der Waals surface area contributed by atoms with Crippen LogP contribution in [-0.2, 0) is 22.6 Å². The largest absolute Gasteiger partial charge is 0.421 e. The van der Waals surface area contributed by atoms with E-state index < -0.39 is 33.0 Å². The molecule has 4 aromatic rings. The Bertz CT molecular complexity index is 1710. The lowest BCUT2D eigenvalue weighted by Crippen LogP contribution is -2.33. The number of carbonyl (C=O) groups is 1. The number of halogens is 3. The van der Waals surface area contributed by atoms with Crippen molar-refractivity contribution < 1.29 is 30.8 Å². The van der Waals surface area contributed by atoms with Crippen LogP contribution in [-0.4, -0.2) is 34.8 Å². The van der Waals surface area contributed by atoms with E-state index in [1.165, 1.54) is 50.2 Å². The van der Waals surface area contributed by atoms with Crippen molar-refractivity contribution in [1.29, 1.82) is 0 Å². The summed E-state index contributed by atoms with van der Waals surface area (Å²) < 4.78 is 70.7. The second-order valence-corrected chi connectivity index (χ2v) is 10.9.